The molecule has 3 aromatic rings. The molecule has 3 rings (SSSR count). The molecule has 0 aliphatic rings. The Bertz CT molecular complexity index is 912. The fourth-order valence-electron chi connectivity index (χ4n) is 2.34. The lowest BCUT2D eigenvalue weighted by molar-refractivity contribution is -0.113. The predicted molar refractivity (Wildman–Crippen MR) is 99.4 cm³/mol. The highest BCUT2D eigenvalue weighted by Crippen LogP contribution is 2.23. The molecule has 0 radical (unpaired) electrons. The average Bonchev–Trinajstić information content (AvgIpc) is 3.03. The Labute approximate surface area is 154 Å². The quantitative estimate of drug-likeness (QED) is 0.691. The van der Waals surface area contributed by atoms with E-state index in [2.05, 4.69) is 26.9 Å². The number of hydrogen-bond acceptors (Lipinski definition) is 5. The summed E-state index contributed by atoms with van der Waals surface area (Å²) in [4.78, 5) is 12.2. The molecule has 1 aromatic heterocycles. The van der Waals surface area contributed by atoms with Crippen LogP contribution in [0, 0.1) is 13.8 Å². The maximum atomic E-state index is 12.2. The molecular formula is C17H16ClN5OS. The van der Waals surface area contributed by atoms with Crippen molar-refractivity contribution in [2.24, 2.45) is 0 Å². The minimum Gasteiger partial charge on any atom is -0.324 e. The Hall–Kier alpha value is -2.38. The van der Waals surface area contributed by atoms with Gasteiger partial charge in [0.15, 0.2) is 0 Å². The Morgan fingerprint density at radius 2 is 2.04 bits per heavy atom. The van der Waals surface area contributed by atoms with E-state index in [4.69, 9.17) is 11.6 Å². The van der Waals surface area contributed by atoms with Crippen LogP contribution in [0.25, 0.3) is 5.69 Å². The van der Waals surface area contributed by atoms with Crippen LogP contribution in [0.15, 0.2) is 47.6 Å². The van der Waals surface area contributed by atoms with Crippen LogP contribution in [0.5, 0.6) is 0 Å². The van der Waals surface area contributed by atoms with Crippen molar-refractivity contribution in [3.8, 4) is 5.69 Å². The maximum Gasteiger partial charge on any atom is 0.234 e. The first-order valence-corrected chi connectivity index (χ1v) is 8.94. The number of tetrazole rings is 1. The third kappa shape index (κ3) is 4.18. The van der Waals surface area contributed by atoms with E-state index in [1.165, 1.54) is 17.3 Å². The van der Waals surface area contributed by atoms with E-state index >= 15 is 0 Å². The van der Waals surface area contributed by atoms with Crippen molar-refractivity contribution in [1.82, 2.24) is 20.2 Å². The van der Waals surface area contributed by atoms with Crippen molar-refractivity contribution >= 4 is 35.0 Å². The molecule has 0 bridgehead atoms. The third-order valence-electron chi connectivity index (χ3n) is 3.50. The Morgan fingerprint density at radius 3 is 2.80 bits per heavy atom. The van der Waals surface area contributed by atoms with E-state index < -0.39 is 0 Å². The fraction of sp³-hybridized carbons (Fsp3) is 0.176. The van der Waals surface area contributed by atoms with Gasteiger partial charge in [-0.2, -0.15) is 4.68 Å². The van der Waals surface area contributed by atoms with Crippen molar-refractivity contribution in [2.45, 2.75) is 19.0 Å². The Kier molecular flexibility index (Phi) is 5.35. The molecular weight excluding hydrogens is 358 g/mol. The zero-order chi connectivity index (χ0) is 17.8. The summed E-state index contributed by atoms with van der Waals surface area (Å²) in [6.45, 7) is 4.04. The fourth-order valence-corrected chi connectivity index (χ4v) is 3.21. The van der Waals surface area contributed by atoms with Crippen molar-refractivity contribution < 1.29 is 4.79 Å². The van der Waals surface area contributed by atoms with Crippen LogP contribution in [0.4, 0.5) is 5.69 Å². The standard InChI is InChI=1S/C17H16ClN5OS/c1-11-7-8-15(12(2)9-11)23-17(20-21-22-23)25-10-16(24)19-14-6-4-3-5-13(14)18/h3-9H,10H2,1-2H3,(H,19,24). The molecule has 0 atom stereocenters. The van der Waals surface area contributed by atoms with Crippen molar-refractivity contribution in [3.05, 3.63) is 58.6 Å². The van der Waals surface area contributed by atoms with Gasteiger partial charge in [0.1, 0.15) is 0 Å². The van der Waals surface area contributed by atoms with Gasteiger partial charge in [-0.25, -0.2) is 0 Å². The zero-order valence-corrected chi connectivity index (χ0v) is 15.3. The number of nitrogens with zero attached hydrogens (tertiary/aromatic N) is 4. The van der Waals surface area contributed by atoms with Gasteiger partial charge in [0.2, 0.25) is 11.1 Å². The lowest BCUT2D eigenvalue weighted by atomic mass is 10.1. The van der Waals surface area contributed by atoms with Gasteiger partial charge in [-0.1, -0.05) is 53.2 Å². The highest BCUT2D eigenvalue weighted by atomic mass is 35.5. The van der Waals surface area contributed by atoms with Crippen LogP contribution < -0.4 is 5.32 Å². The van der Waals surface area contributed by atoms with Crippen LogP contribution >= 0.6 is 23.4 Å². The van der Waals surface area contributed by atoms with Gasteiger partial charge >= 0.3 is 0 Å². The second kappa shape index (κ2) is 7.67. The number of rotatable bonds is 5. The molecule has 0 aliphatic carbocycles. The second-order valence-corrected chi connectivity index (χ2v) is 6.83. The summed E-state index contributed by atoms with van der Waals surface area (Å²) in [5.41, 5.74) is 3.71. The molecule has 1 amide bonds. The van der Waals surface area contributed by atoms with Gasteiger partial charge in [0.25, 0.3) is 0 Å². The molecule has 0 saturated heterocycles. The van der Waals surface area contributed by atoms with Crippen LogP contribution in [-0.2, 0) is 4.79 Å². The molecule has 0 fully saturated rings. The first kappa shape index (κ1) is 17.4. The molecule has 128 valence electrons. The lowest BCUT2D eigenvalue weighted by Crippen LogP contribution is -2.15. The van der Waals surface area contributed by atoms with E-state index in [-0.39, 0.29) is 11.7 Å². The number of benzene rings is 2. The highest BCUT2D eigenvalue weighted by molar-refractivity contribution is 7.99. The van der Waals surface area contributed by atoms with Gasteiger partial charge in [-0.05, 0) is 48.0 Å². The minimum absolute atomic E-state index is 0.173. The molecule has 25 heavy (non-hydrogen) atoms. The monoisotopic (exact) mass is 373 g/mol. The molecule has 8 heteroatoms. The van der Waals surface area contributed by atoms with E-state index in [9.17, 15) is 4.79 Å². The number of thioether (sulfide) groups is 1. The molecule has 2 aromatic carbocycles. The summed E-state index contributed by atoms with van der Waals surface area (Å²) in [6, 6.07) is 13.1. The van der Waals surface area contributed by atoms with E-state index in [1.807, 2.05) is 38.1 Å². The van der Waals surface area contributed by atoms with Gasteiger partial charge in [-0.15, -0.1) is 5.10 Å². The third-order valence-corrected chi connectivity index (χ3v) is 4.75. The van der Waals surface area contributed by atoms with Crippen molar-refractivity contribution in [3.63, 3.8) is 0 Å². The van der Waals surface area contributed by atoms with Gasteiger partial charge in [0, 0.05) is 0 Å². The number of carbonyl (C=O) groups is 1. The minimum atomic E-state index is -0.173. The summed E-state index contributed by atoms with van der Waals surface area (Å²) in [5, 5.41) is 15.6. The largest absolute Gasteiger partial charge is 0.324 e. The number of anilines is 1. The number of para-hydroxylation sites is 1. The number of aromatic nitrogens is 4. The lowest BCUT2D eigenvalue weighted by Gasteiger charge is -2.09. The summed E-state index contributed by atoms with van der Waals surface area (Å²) < 4.78 is 1.64. The molecule has 0 saturated carbocycles. The molecule has 1 heterocycles. The van der Waals surface area contributed by atoms with Gasteiger partial charge < -0.3 is 5.32 Å². The Balaban J connectivity index is 1.69. The van der Waals surface area contributed by atoms with Crippen LogP contribution in [-0.4, -0.2) is 31.9 Å². The second-order valence-electron chi connectivity index (χ2n) is 5.48. The SMILES string of the molecule is Cc1ccc(-n2nnnc2SCC(=O)Nc2ccccc2Cl)c(C)c1. The first-order valence-electron chi connectivity index (χ1n) is 7.58. The number of hydrogen-bond donors (Lipinski definition) is 1. The topological polar surface area (TPSA) is 72.7 Å². The number of carbonyl (C=O) groups excluding carboxylic acids is 1. The molecule has 0 aliphatic heterocycles. The van der Waals surface area contributed by atoms with Gasteiger partial charge in [-0.3, -0.25) is 4.79 Å². The Morgan fingerprint density at radius 1 is 1.24 bits per heavy atom. The van der Waals surface area contributed by atoms with Crippen LogP contribution in [0.1, 0.15) is 11.1 Å². The zero-order valence-electron chi connectivity index (χ0n) is 13.7. The normalized spacial score (nSPS) is 10.7. The number of aryl methyl sites for hydroxylation is 2. The molecule has 6 nitrogen and oxygen atoms in total. The van der Waals surface area contributed by atoms with Gasteiger partial charge in [0.05, 0.1) is 22.2 Å². The molecule has 0 unspecified atom stereocenters. The van der Waals surface area contributed by atoms with E-state index in [0.29, 0.717) is 15.9 Å². The molecule has 0 spiro atoms. The number of nitrogens with one attached hydrogen (secondary N) is 1. The number of halogens is 1. The highest BCUT2D eigenvalue weighted by Gasteiger charge is 2.13. The summed E-state index contributed by atoms with van der Waals surface area (Å²) in [5.74, 6) is 0.00420. The average molecular weight is 374 g/mol. The van der Waals surface area contributed by atoms with Crippen LogP contribution in [0.3, 0.4) is 0 Å². The maximum absolute atomic E-state index is 12.2. The summed E-state index contributed by atoms with van der Waals surface area (Å²) in [6.07, 6.45) is 0. The number of amides is 1. The smallest absolute Gasteiger partial charge is 0.234 e. The van der Waals surface area contributed by atoms with E-state index in [1.54, 1.807) is 16.8 Å². The predicted octanol–water partition coefficient (Wildman–Crippen LogP) is 3.66. The van der Waals surface area contributed by atoms with Crippen LogP contribution in [0.2, 0.25) is 5.02 Å². The summed E-state index contributed by atoms with van der Waals surface area (Å²) >= 11 is 7.31. The van der Waals surface area contributed by atoms with Crippen molar-refractivity contribution in [1.29, 1.82) is 0 Å². The van der Waals surface area contributed by atoms with Crippen molar-refractivity contribution in [2.75, 3.05) is 11.1 Å². The first-order chi connectivity index (χ1) is 12.0. The summed E-state index contributed by atoms with van der Waals surface area (Å²) in [7, 11) is 0. The van der Waals surface area contributed by atoms with E-state index in [0.717, 1.165) is 11.3 Å². The molecule has 1 N–H and O–H groups in total.